The zero-order chi connectivity index (χ0) is 6.08. The molecule has 0 saturated carbocycles. The fourth-order valence-electron chi connectivity index (χ4n) is 0. The normalized spacial score (nSPS) is 12.9. The highest BCUT2D eigenvalue weighted by Crippen LogP contribution is 2.03. The van der Waals surface area contributed by atoms with E-state index in [1.54, 1.807) is 0 Å². The van der Waals surface area contributed by atoms with Crippen LogP contribution in [0.15, 0.2) is 0 Å². The Morgan fingerprint density at radius 2 is 1.43 bits per heavy atom. The average Bonchev–Trinajstić information content (AvgIpc) is 1.31. The van der Waals surface area contributed by atoms with Gasteiger partial charge in [-0.05, 0) is 12.8 Å². The molecule has 0 fully saturated rings. The van der Waals surface area contributed by atoms with Crippen LogP contribution in [0.25, 0.3) is 0 Å². The van der Waals surface area contributed by atoms with E-state index in [1.807, 2.05) is 20.8 Å². The van der Waals surface area contributed by atoms with Gasteiger partial charge in [0.1, 0.15) is 0 Å². The van der Waals surface area contributed by atoms with Crippen LogP contribution >= 0.6 is 0 Å². The van der Waals surface area contributed by atoms with Crippen LogP contribution in [-0.2, 0) is 0 Å². The quantitative estimate of drug-likeness (QED) is 0.467. The van der Waals surface area contributed by atoms with E-state index in [2.05, 4.69) is 0 Å². The summed E-state index contributed by atoms with van der Waals surface area (Å²) in [6.45, 7) is 5.82. The maximum atomic E-state index is 5.46. The summed E-state index contributed by atoms with van der Waals surface area (Å²) in [4.78, 5) is 0. The van der Waals surface area contributed by atoms with Crippen LogP contribution < -0.4 is 11.5 Å². The lowest BCUT2D eigenvalue weighted by Crippen LogP contribution is -2.50. The minimum Gasteiger partial charge on any atom is -0.314 e. The summed E-state index contributed by atoms with van der Waals surface area (Å²) in [5.41, 5.74) is 10.4. The van der Waals surface area contributed by atoms with Gasteiger partial charge in [0, 0.05) is 0 Å². The Hall–Kier alpha value is -0.0800. The van der Waals surface area contributed by atoms with Crippen LogP contribution in [0, 0.1) is 5.92 Å². The van der Waals surface area contributed by atoms with Crippen molar-refractivity contribution in [1.29, 1.82) is 0 Å². The van der Waals surface area contributed by atoms with E-state index in [0.717, 1.165) is 0 Å². The molecular formula is C5H14N2. The van der Waals surface area contributed by atoms with Gasteiger partial charge in [-0.1, -0.05) is 13.8 Å². The van der Waals surface area contributed by atoms with Crippen molar-refractivity contribution >= 4 is 0 Å². The van der Waals surface area contributed by atoms with Gasteiger partial charge < -0.3 is 11.5 Å². The third-order valence-corrected chi connectivity index (χ3v) is 1.24. The third-order valence-electron chi connectivity index (χ3n) is 1.24. The standard InChI is InChI=1S/C5H14N2/c1-4(2)5(3,6)7/h4H,6-7H2,1-3H3. The molecule has 0 amide bonds. The molecule has 0 aromatic rings. The third kappa shape index (κ3) is 2.60. The molecule has 0 radical (unpaired) electrons. The fourth-order valence-corrected chi connectivity index (χ4v) is 0. The lowest BCUT2D eigenvalue weighted by atomic mass is 10.0. The van der Waals surface area contributed by atoms with Crippen molar-refractivity contribution < 1.29 is 0 Å². The highest BCUT2D eigenvalue weighted by Gasteiger charge is 2.14. The topological polar surface area (TPSA) is 52.0 Å². The molecule has 4 N–H and O–H groups in total. The monoisotopic (exact) mass is 102 g/mol. The molecule has 0 aromatic heterocycles. The van der Waals surface area contributed by atoms with Crippen molar-refractivity contribution in [3.63, 3.8) is 0 Å². The van der Waals surface area contributed by atoms with Gasteiger partial charge in [0.25, 0.3) is 0 Å². The molecule has 0 spiro atoms. The highest BCUT2D eigenvalue weighted by atomic mass is 14.9. The van der Waals surface area contributed by atoms with E-state index < -0.39 is 5.66 Å². The lowest BCUT2D eigenvalue weighted by molar-refractivity contribution is 0.353. The lowest BCUT2D eigenvalue weighted by Gasteiger charge is -2.22. The summed E-state index contributed by atoms with van der Waals surface area (Å²) in [5, 5.41) is 0. The van der Waals surface area contributed by atoms with Gasteiger partial charge in [-0.3, -0.25) is 0 Å². The molecule has 0 aliphatic rings. The zero-order valence-corrected chi connectivity index (χ0v) is 5.23. The molecule has 0 atom stereocenters. The second kappa shape index (κ2) is 1.80. The molecule has 0 aromatic carbocycles. The minimum absolute atomic E-state index is 0.354. The Morgan fingerprint density at radius 1 is 1.29 bits per heavy atom. The molecule has 0 heterocycles. The van der Waals surface area contributed by atoms with Crippen molar-refractivity contribution in [2.45, 2.75) is 26.4 Å². The zero-order valence-electron chi connectivity index (χ0n) is 5.23. The van der Waals surface area contributed by atoms with Crippen LogP contribution in [0.3, 0.4) is 0 Å². The Balaban J connectivity index is 3.54. The number of hydrogen-bond donors (Lipinski definition) is 2. The predicted molar refractivity (Wildman–Crippen MR) is 31.6 cm³/mol. The molecule has 2 nitrogen and oxygen atoms in total. The molecule has 44 valence electrons. The molecule has 0 saturated heterocycles. The molecule has 0 aliphatic heterocycles. The Kier molecular flexibility index (Phi) is 1.78. The average molecular weight is 102 g/mol. The number of rotatable bonds is 1. The molecule has 2 heteroatoms. The van der Waals surface area contributed by atoms with Gasteiger partial charge in [0.15, 0.2) is 0 Å². The molecule has 0 bridgehead atoms. The fraction of sp³-hybridized carbons (Fsp3) is 1.00. The smallest absolute Gasteiger partial charge is 0.0631 e. The predicted octanol–water partition coefficient (Wildman–Crippen LogP) is 0.276. The first-order valence-corrected chi connectivity index (χ1v) is 2.52. The molecule has 0 aliphatic carbocycles. The van der Waals surface area contributed by atoms with E-state index in [-0.39, 0.29) is 0 Å². The summed E-state index contributed by atoms with van der Waals surface area (Å²) in [6.07, 6.45) is 0. The molecule has 7 heavy (non-hydrogen) atoms. The van der Waals surface area contributed by atoms with Crippen LogP contribution in [0.2, 0.25) is 0 Å². The van der Waals surface area contributed by atoms with E-state index in [9.17, 15) is 0 Å². The van der Waals surface area contributed by atoms with Crippen molar-refractivity contribution in [3.8, 4) is 0 Å². The van der Waals surface area contributed by atoms with E-state index in [0.29, 0.717) is 5.92 Å². The number of hydrogen-bond acceptors (Lipinski definition) is 2. The van der Waals surface area contributed by atoms with Crippen LogP contribution in [0.5, 0.6) is 0 Å². The van der Waals surface area contributed by atoms with Crippen molar-refractivity contribution in [1.82, 2.24) is 0 Å². The first-order valence-electron chi connectivity index (χ1n) is 2.52. The molecule has 0 unspecified atom stereocenters. The summed E-state index contributed by atoms with van der Waals surface area (Å²) in [7, 11) is 0. The van der Waals surface area contributed by atoms with E-state index in [4.69, 9.17) is 11.5 Å². The number of nitrogens with two attached hydrogens (primary N) is 2. The van der Waals surface area contributed by atoms with E-state index in [1.165, 1.54) is 0 Å². The maximum Gasteiger partial charge on any atom is 0.0631 e. The van der Waals surface area contributed by atoms with Crippen LogP contribution in [0.1, 0.15) is 20.8 Å². The van der Waals surface area contributed by atoms with Gasteiger partial charge in [-0.2, -0.15) is 0 Å². The SMILES string of the molecule is CC(C)C(C)(N)N. The Morgan fingerprint density at radius 3 is 1.43 bits per heavy atom. The summed E-state index contributed by atoms with van der Waals surface area (Å²) in [5.74, 6) is 0.354. The van der Waals surface area contributed by atoms with Gasteiger partial charge in [0.2, 0.25) is 0 Å². The Labute approximate surface area is 44.9 Å². The second-order valence-corrected chi connectivity index (χ2v) is 2.52. The van der Waals surface area contributed by atoms with Gasteiger partial charge in [-0.15, -0.1) is 0 Å². The van der Waals surface area contributed by atoms with Crippen molar-refractivity contribution in [2.24, 2.45) is 17.4 Å². The van der Waals surface area contributed by atoms with Gasteiger partial charge in [0.05, 0.1) is 5.66 Å². The maximum absolute atomic E-state index is 5.46. The summed E-state index contributed by atoms with van der Waals surface area (Å²) < 4.78 is 0. The second-order valence-electron chi connectivity index (χ2n) is 2.52. The molecular weight excluding hydrogens is 88.1 g/mol. The largest absolute Gasteiger partial charge is 0.314 e. The summed E-state index contributed by atoms with van der Waals surface area (Å²) >= 11 is 0. The summed E-state index contributed by atoms with van der Waals surface area (Å²) in [6, 6.07) is 0. The van der Waals surface area contributed by atoms with Crippen LogP contribution in [-0.4, -0.2) is 5.66 Å². The first kappa shape index (κ1) is 6.92. The van der Waals surface area contributed by atoms with Crippen molar-refractivity contribution in [2.75, 3.05) is 0 Å². The minimum atomic E-state index is -0.500. The van der Waals surface area contributed by atoms with Crippen molar-refractivity contribution in [3.05, 3.63) is 0 Å². The van der Waals surface area contributed by atoms with Gasteiger partial charge >= 0.3 is 0 Å². The first-order chi connectivity index (χ1) is 2.94. The van der Waals surface area contributed by atoms with Gasteiger partial charge in [-0.25, -0.2) is 0 Å². The van der Waals surface area contributed by atoms with Crippen LogP contribution in [0.4, 0.5) is 0 Å². The highest BCUT2D eigenvalue weighted by molar-refractivity contribution is 4.72. The van der Waals surface area contributed by atoms with E-state index >= 15 is 0 Å². The molecule has 0 rings (SSSR count). The Bertz CT molecular complexity index is 51.6.